The Morgan fingerprint density at radius 2 is 1.43 bits per heavy atom. The van der Waals surface area contributed by atoms with Gasteiger partial charge in [0.1, 0.15) is 0 Å². The SMILES string of the molecule is CC.CCC.SCc1ccc(Cl)cc1. The Morgan fingerprint density at radius 1 is 1.07 bits per heavy atom. The van der Waals surface area contributed by atoms with E-state index in [2.05, 4.69) is 26.5 Å². The van der Waals surface area contributed by atoms with Crippen LogP contribution in [0.1, 0.15) is 39.7 Å². The second-order valence-electron chi connectivity index (χ2n) is 2.49. The summed E-state index contributed by atoms with van der Waals surface area (Å²) in [5, 5.41) is 0.778. The monoisotopic (exact) mass is 232 g/mol. The Labute approximate surface area is 99.1 Å². The first-order valence-corrected chi connectivity index (χ1v) is 6.10. The molecule has 1 aromatic rings. The van der Waals surface area contributed by atoms with E-state index in [9.17, 15) is 0 Å². The van der Waals surface area contributed by atoms with E-state index in [-0.39, 0.29) is 0 Å². The van der Waals surface area contributed by atoms with Gasteiger partial charge in [0.25, 0.3) is 0 Å². The summed E-state index contributed by atoms with van der Waals surface area (Å²) in [6.45, 7) is 8.25. The van der Waals surface area contributed by atoms with Crippen LogP contribution in [0.25, 0.3) is 0 Å². The first-order valence-electron chi connectivity index (χ1n) is 5.09. The number of rotatable bonds is 1. The second kappa shape index (κ2) is 12.9. The Kier molecular flexibility index (Phi) is 15.0. The highest BCUT2D eigenvalue weighted by Crippen LogP contribution is 2.10. The van der Waals surface area contributed by atoms with Crippen LogP contribution in [0.5, 0.6) is 0 Å². The zero-order valence-corrected chi connectivity index (χ0v) is 11.2. The van der Waals surface area contributed by atoms with Crippen LogP contribution in [0.2, 0.25) is 5.02 Å². The van der Waals surface area contributed by atoms with Crippen LogP contribution in [0.3, 0.4) is 0 Å². The predicted molar refractivity (Wildman–Crippen MR) is 71.5 cm³/mol. The Bertz CT molecular complexity index is 194. The highest BCUT2D eigenvalue weighted by molar-refractivity contribution is 7.79. The third-order valence-corrected chi connectivity index (χ3v) is 1.71. The average Bonchev–Trinajstić information content (AvgIpc) is 2.23. The molecule has 14 heavy (non-hydrogen) atoms. The maximum absolute atomic E-state index is 5.64. The lowest BCUT2D eigenvalue weighted by Gasteiger charge is -1.92. The van der Waals surface area contributed by atoms with E-state index in [1.54, 1.807) is 0 Å². The molecule has 0 unspecified atom stereocenters. The number of halogens is 1. The molecule has 0 aromatic heterocycles. The molecule has 1 aromatic carbocycles. The van der Waals surface area contributed by atoms with Crippen molar-refractivity contribution < 1.29 is 0 Å². The molecule has 0 aliphatic rings. The van der Waals surface area contributed by atoms with Gasteiger partial charge in [-0.15, -0.1) is 0 Å². The molecule has 0 aliphatic heterocycles. The fourth-order valence-electron chi connectivity index (χ4n) is 0.590. The minimum atomic E-state index is 0.775. The molecule has 0 N–H and O–H groups in total. The van der Waals surface area contributed by atoms with Crippen LogP contribution < -0.4 is 0 Å². The van der Waals surface area contributed by atoms with E-state index < -0.39 is 0 Å². The molecule has 0 saturated carbocycles. The molecular formula is C12H21ClS. The summed E-state index contributed by atoms with van der Waals surface area (Å²) in [5.41, 5.74) is 1.20. The van der Waals surface area contributed by atoms with E-state index >= 15 is 0 Å². The van der Waals surface area contributed by atoms with Crippen LogP contribution in [0, 0.1) is 0 Å². The van der Waals surface area contributed by atoms with Crippen molar-refractivity contribution in [1.29, 1.82) is 0 Å². The van der Waals surface area contributed by atoms with Crippen molar-refractivity contribution in [3.05, 3.63) is 34.9 Å². The molecule has 0 fully saturated rings. The molecule has 0 aliphatic carbocycles. The Hall–Kier alpha value is -0.140. The number of hydrogen-bond donors (Lipinski definition) is 1. The van der Waals surface area contributed by atoms with Crippen LogP contribution in [-0.2, 0) is 5.75 Å². The topological polar surface area (TPSA) is 0 Å². The molecule has 1 rings (SSSR count). The van der Waals surface area contributed by atoms with Crippen LogP contribution >= 0.6 is 24.2 Å². The summed E-state index contributed by atoms with van der Waals surface area (Å²) in [6, 6.07) is 7.67. The van der Waals surface area contributed by atoms with Gasteiger partial charge in [-0.3, -0.25) is 0 Å². The van der Waals surface area contributed by atoms with Crippen LogP contribution in [0.15, 0.2) is 24.3 Å². The average molecular weight is 233 g/mol. The lowest BCUT2D eigenvalue weighted by atomic mass is 10.2. The minimum absolute atomic E-state index is 0.775. The van der Waals surface area contributed by atoms with Crippen LogP contribution in [-0.4, -0.2) is 0 Å². The Morgan fingerprint density at radius 3 is 1.71 bits per heavy atom. The van der Waals surface area contributed by atoms with Gasteiger partial charge >= 0.3 is 0 Å². The highest BCUT2D eigenvalue weighted by Gasteiger charge is 1.86. The summed E-state index contributed by atoms with van der Waals surface area (Å²) in [5.74, 6) is 0.775. The fourth-order valence-corrected chi connectivity index (χ4v) is 0.927. The van der Waals surface area contributed by atoms with Gasteiger partial charge in [0.05, 0.1) is 0 Å². The first-order chi connectivity index (χ1) is 6.74. The second-order valence-corrected chi connectivity index (χ2v) is 3.24. The van der Waals surface area contributed by atoms with Gasteiger partial charge in [0, 0.05) is 10.8 Å². The molecule has 0 heterocycles. The number of benzene rings is 1. The molecule has 0 nitrogen and oxygen atoms in total. The minimum Gasteiger partial charge on any atom is -0.175 e. The van der Waals surface area contributed by atoms with Gasteiger partial charge in [-0.2, -0.15) is 12.6 Å². The van der Waals surface area contributed by atoms with Gasteiger partial charge < -0.3 is 0 Å². The zero-order valence-electron chi connectivity index (χ0n) is 9.55. The maximum Gasteiger partial charge on any atom is 0.0406 e. The van der Waals surface area contributed by atoms with Crippen molar-refractivity contribution in [3.63, 3.8) is 0 Å². The van der Waals surface area contributed by atoms with Gasteiger partial charge in [0.15, 0.2) is 0 Å². The van der Waals surface area contributed by atoms with Crippen molar-refractivity contribution >= 4 is 24.2 Å². The molecule has 82 valence electrons. The number of hydrogen-bond acceptors (Lipinski definition) is 1. The summed E-state index contributed by atoms with van der Waals surface area (Å²) in [7, 11) is 0. The van der Waals surface area contributed by atoms with Gasteiger partial charge in [-0.1, -0.05) is 57.8 Å². The zero-order chi connectivity index (χ0) is 11.4. The molecule has 0 radical (unpaired) electrons. The third kappa shape index (κ3) is 9.94. The standard InChI is InChI=1S/C7H7ClS.C3H8.C2H6/c8-7-3-1-6(5-9)2-4-7;1-3-2;1-2/h1-4,9H,5H2;3H2,1-2H3;1-2H3. The van der Waals surface area contributed by atoms with E-state index in [4.69, 9.17) is 11.6 Å². The fraction of sp³-hybridized carbons (Fsp3) is 0.500. The normalized spacial score (nSPS) is 7.86. The van der Waals surface area contributed by atoms with E-state index in [1.807, 2.05) is 38.1 Å². The van der Waals surface area contributed by atoms with Crippen molar-refractivity contribution in [3.8, 4) is 0 Å². The van der Waals surface area contributed by atoms with E-state index in [0.29, 0.717) is 0 Å². The van der Waals surface area contributed by atoms with Crippen molar-refractivity contribution in [2.24, 2.45) is 0 Å². The van der Waals surface area contributed by atoms with E-state index in [1.165, 1.54) is 12.0 Å². The van der Waals surface area contributed by atoms with Gasteiger partial charge in [-0.25, -0.2) is 0 Å². The quantitative estimate of drug-likeness (QED) is 0.632. The summed E-state index contributed by atoms with van der Waals surface area (Å²) >= 11 is 9.74. The molecule has 0 spiro atoms. The molecule has 0 amide bonds. The van der Waals surface area contributed by atoms with Crippen LogP contribution in [0.4, 0.5) is 0 Å². The lowest BCUT2D eigenvalue weighted by molar-refractivity contribution is 1.09. The van der Waals surface area contributed by atoms with Crippen molar-refractivity contribution in [2.45, 2.75) is 39.9 Å². The number of thiol groups is 1. The third-order valence-electron chi connectivity index (χ3n) is 1.10. The molecular weight excluding hydrogens is 212 g/mol. The Balaban J connectivity index is 0. The molecule has 0 saturated heterocycles. The molecule has 2 heteroatoms. The highest BCUT2D eigenvalue weighted by atomic mass is 35.5. The van der Waals surface area contributed by atoms with E-state index in [0.717, 1.165) is 10.8 Å². The van der Waals surface area contributed by atoms with Gasteiger partial charge in [0.2, 0.25) is 0 Å². The molecule has 0 bridgehead atoms. The first kappa shape index (κ1) is 16.3. The molecule has 0 atom stereocenters. The summed E-state index contributed by atoms with van der Waals surface area (Å²) in [4.78, 5) is 0. The lowest BCUT2D eigenvalue weighted by Crippen LogP contribution is -1.73. The van der Waals surface area contributed by atoms with Crippen molar-refractivity contribution in [1.82, 2.24) is 0 Å². The summed E-state index contributed by atoms with van der Waals surface area (Å²) in [6.07, 6.45) is 1.25. The largest absolute Gasteiger partial charge is 0.175 e. The smallest absolute Gasteiger partial charge is 0.0406 e. The maximum atomic E-state index is 5.64. The van der Waals surface area contributed by atoms with Crippen molar-refractivity contribution in [2.75, 3.05) is 0 Å². The van der Waals surface area contributed by atoms with Gasteiger partial charge in [-0.05, 0) is 17.7 Å². The predicted octanol–water partition coefficient (Wildman–Crippen LogP) is 5.21. The summed E-state index contributed by atoms with van der Waals surface area (Å²) < 4.78 is 0.